The Kier molecular flexibility index (Phi) is 5.71. The minimum atomic E-state index is -4.63. The number of benzene rings is 1. The molecule has 0 spiro atoms. The van der Waals surface area contributed by atoms with Gasteiger partial charge in [-0.2, -0.15) is 0 Å². The first-order chi connectivity index (χ1) is 8.69. The molecule has 0 N–H and O–H groups in total. The maximum Gasteiger partial charge on any atom is 0.573 e. The van der Waals surface area contributed by atoms with Crippen molar-refractivity contribution in [3.8, 4) is 5.75 Å². The minimum absolute atomic E-state index is 0.177. The number of rotatable bonds is 5. The van der Waals surface area contributed by atoms with E-state index in [-0.39, 0.29) is 5.75 Å². The van der Waals surface area contributed by atoms with Crippen molar-refractivity contribution in [2.45, 2.75) is 38.4 Å². The fourth-order valence-electron chi connectivity index (χ4n) is 2.03. The zero-order valence-corrected chi connectivity index (χ0v) is 12.8. The summed E-state index contributed by atoms with van der Waals surface area (Å²) in [5.41, 5.74) is 1.01. The van der Waals surface area contributed by atoms with Crippen LogP contribution in [0.3, 0.4) is 0 Å². The molecule has 0 aromatic heterocycles. The van der Waals surface area contributed by atoms with Crippen molar-refractivity contribution in [2.75, 3.05) is 0 Å². The van der Waals surface area contributed by atoms with Crippen LogP contribution in [-0.2, 0) is 6.42 Å². The highest BCUT2D eigenvalue weighted by Crippen LogP contribution is 2.27. The first kappa shape index (κ1) is 16.3. The van der Waals surface area contributed by atoms with E-state index in [1.807, 2.05) is 0 Å². The Morgan fingerprint density at radius 2 is 1.63 bits per heavy atom. The molecule has 0 saturated carbocycles. The molecule has 0 aliphatic heterocycles. The van der Waals surface area contributed by atoms with E-state index in [1.165, 1.54) is 12.1 Å². The Bertz CT molecular complexity index is 377. The van der Waals surface area contributed by atoms with Crippen LogP contribution in [0.1, 0.15) is 26.3 Å². The SMILES string of the molecule is CC(C)C(Cc1ccc(OC(F)(F)F)cc1)C(C)Br. The molecule has 19 heavy (non-hydrogen) atoms. The van der Waals surface area contributed by atoms with E-state index in [0.29, 0.717) is 16.7 Å². The molecule has 0 amide bonds. The third-order valence-corrected chi connectivity index (χ3v) is 3.75. The van der Waals surface area contributed by atoms with Gasteiger partial charge in [0.15, 0.2) is 0 Å². The summed E-state index contributed by atoms with van der Waals surface area (Å²) < 4.78 is 40.0. The van der Waals surface area contributed by atoms with Gasteiger partial charge in [0.05, 0.1) is 0 Å². The molecule has 2 atom stereocenters. The molecular formula is C14H18BrF3O. The highest BCUT2D eigenvalue weighted by atomic mass is 79.9. The molecule has 1 aromatic rings. The molecule has 1 aromatic carbocycles. The largest absolute Gasteiger partial charge is 0.573 e. The van der Waals surface area contributed by atoms with E-state index >= 15 is 0 Å². The Morgan fingerprint density at radius 3 is 2.00 bits per heavy atom. The second-order valence-corrected chi connectivity index (χ2v) is 6.43. The molecule has 1 nitrogen and oxygen atoms in total. The summed E-state index contributed by atoms with van der Waals surface area (Å²) >= 11 is 3.58. The van der Waals surface area contributed by atoms with Crippen molar-refractivity contribution in [3.05, 3.63) is 29.8 Å². The predicted octanol–water partition coefficient (Wildman–Crippen LogP) is 5.18. The van der Waals surface area contributed by atoms with Crippen LogP contribution in [0.25, 0.3) is 0 Å². The van der Waals surface area contributed by atoms with Gasteiger partial charge in [-0.05, 0) is 36.0 Å². The lowest BCUT2D eigenvalue weighted by molar-refractivity contribution is -0.274. The molecule has 108 valence electrons. The van der Waals surface area contributed by atoms with E-state index < -0.39 is 6.36 Å². The van der Waals surface area contributed by atoms with Crippen LogP contribution in [-0.4, -0.2) is 11.2 Å². The van der Waals surface area contributed by atoms with Gasteiger partial charge >= 0.3 is 6.36 Å². The van der Waals surface area contributed by atoms with Crippen molar-refractivity contribution >= 4 is 15.9 Å². The summed E-state index contributed by atoms with van der Waals surface area (Å²) in [6.45, 7) is 6.37. The highest BCUT2D eigenvalue weighted by molar-refractivity contribution is 9.09. The Balaban J connectivity index is 2.71. The van der Waals surface area contributed by atoms with E-state index in [4.69, 9.17) is 0 Å². The van der Waals surface area contributed by atoms with Crippen molar-refractivity contribution in [1.29, 1.82) is 0 Å². The lowest BCUT2D eigenvalue weighted by Gasteiger charge is -2.23. The first-order valence-corrected chi connectivity index (χ1v) is 7.09. The molecule has 1 rings (SSSR count). The minimum Gasteiger partial charge on any atom is -0.406 e. The van der Waals surface area contributed by atoms with Crippen molar-refractivity contribution in [3.63, 3.8) is 0 Å². The van der Waals surface area contributed by atoms with Crippen molar-refractivity contribution < 1.29 is 17.9 Å². The third kappa shape index (κ3) is 5.85. The fourth-order valence-corrected chi connectivity index (χ4v) is 2.83. The summed E-state index contributed by atoms with van der Waals surface area (Å²) in [7, 11) is 0. The van der Waals surface area contributed by atoms with Gasteiger partial charge in [0.1, 0.15) is 5.75 Å². The number of hydrogen-bond donors (Lipinski definition) is 0. The Hall–Kier alpha value is -0.710. The fraction of sp³-hybridized carbons (Fsp3) is 0.571. The zero-order valence-electron chi connectivity index (χ0n) is 11.2. The molecule has 0 aliphatic carbocycles. The van der Waals surface area contributed by atoms with Crippen LogP contribution in [0.2, 0.25) is 0 Å². The van der Waals surface area contributed by atoms with E-state index in [0.717, 1.165) is 12.0 Å². The molecular weight excluding hydrogens is 321 g/mol. The van der Waals surface area contributed by atoms with Gasteiger partial charge in [-0.15, -0.1) is 13.2 Å². The summed E-state index contributed by atoms with van der Waals surface area (Å²) in [5.74, 6) is 0.763. The van der Waals surface area contributed by atoms with Crippen molar-refractivity contribution in [2.24, 2.45) is 11.8 Å². The van der Waals surface area contributed by atoms with Crippen LogP contribution in [0.5, 0.6) is 5.75 Å². The second-order valence-electron chi connectivity index (χ2n) is 4.98. The zero-order chi connectivity index (χ0) is 14.6. The van der Waals surface area contributed by atoms with Gasteiger partial charge in [-0.3, -0.25) is 0 Å². The molecule has 0 saturated heterocycles. The molecule has 0 radical (unpaired) electrons. The molecule has 0 fully saturated rings. The van der Waals surface area contributed by atoms with Gasteiger partial charge in [-0.1, -0.05) is 48.8 Å². The maximum atomic E-state index is 12.0. The molecule has 5 heteroatoms. The summed E-state index contributed by atoms with van der Waals surface area (Å²) in [5, 5.41) is 0. The molecule has 0 bridgehead atoms. The Labute approximate surface area is 120 Å². The van der Waals surface area contributed by atoms with Crippen LogP contribution in [0.4, 0.5) is 13.2 Å². The standard InChI is InChI=1S/C14H18BrF3O/c1-9(2)13(10(3)15)8-11-4-6-12(7-5-11)19-14(16,17)18/h4-7,9-10,13H,8H2,1-3H3. The smallest absolute Gasteiger partial charge is 0.406 e. The number of alkyl halides is 4. The van der Waals surface area contributed by atoms with Crippen LogP contribution >= 0.6 is 15.9 Å². The van der Waals surface area contributed by atoms with Gasteiger partial charge in [0.2, 0.25) is 0 Å². The number of halogens is 4. The molecule has 2 unspecified atom stereocenters. The highest BCUT2D eigenvalue weighted by Gasteiger charge is 2.31. The van der Waals surface area contributed by atoms with E-state index in [9.17, 15) is 13.2 Å². The average Bonchev–Trinajstić information content (AvgIpc) is 2.25. The van der Waals surface area contributed by atoms with Crippen molar-refractivity contribution in [1.82, 2.24) is 0 Å². The maximum absolute atomic E-state index is 12.0. The monoisotopic (exact) mass is 338 g/mol. The number of hydrogen-bond acceptors (Lipinski definition) is 1. The molecule has 0 heterocycles. The van der Waals surface area contributed by atoms with Crippen LogP contribution in [0.15, 0.2) is 24.3 Å². The average molecular weight is 339 g/mol. The topological polar surface area (TPSA) is 9.23 Å². The summed E-state index contributed by atoms with van der Waals surface area (Å²) in [6.07, 6.45) is -3.80. The lowest BCUT2D eigenvalue weighted by atomic mass is 9.87. The van der Waals surface area contributed by atoms with Crippen LogP contribution < -0.4 is 4.74 Å². The normalized spacial score (nSPS) is 15.4. The summed E-state index contributed by atoms with van der Waals surface area (Å²) in [4.78, 5) is 0.360. The molecule has 0 aliphatic rings. The van der Waals surface area contributed by atoms with Gasteiger partial charge in [0.25, 0.3) is 0 Å². The predicted molar refractivity (Wildman–Crippen MR) is 73.5 cm³/mol. The summed E-state index contributed by atoms with van der Waals surface area (Å²) in [6, 6.07) is 6.09. The Morgan fingerprint density at radius 1 is 1.11 bits per heavy atom. The van der Waals surface area contributed by atoms with Gasteiger partial charge in [0, 0.05) is 4.83 Å². The van der Waals surface area contributed by atoms with Crippen LogP contribution in [0, 0.1) is 11.8 Å². The van der Waals surface area contributed by atoms with E-state index in [1.54, 1.807) is 12.1 Å². The first-order valence-electron chi connectivity index (χ1n) is 6.18. The lowest BCUT2D eigenvalue weighted by Crippen LogP contribution is -2.20. The quantitative estimate of drug-likeness (QED) is 0.672. The third-order valence-electron chi connectivity index (χ3n) is 3.07. The second kappa shape index (κ2) is 6.64. The van der Waals surface area contributed by atoms with E-state index in [2.05, 4.69) is 41.4 Å². The van der Waals surface area contributed by atoms with Gasteiger partial charge < -0.3 is 4.74 Å². The number of ether oxygens (including phenoxy) is 1. The van der Waals surface area contributed by atoms with Gasteiger partial charge in [-0.25, -0.2) is 0 Å².